The summed E-state index contributed by atoms with van der Waals surface area (Å²) in [6.07, 6.45) is 2.08. The number of amides is 2. The lowest BCUT2D eigenvalue weighted by Gasteiger charge is -2.07. The zero-order chi connectivity index (χ0) is 12.8. The molecule has 3 N–H and O–H groups in total. The number of carboxylic acids is 1. The van der Waals surface area contributed by atoms with Crippen LogP contribution in [0.5, 0.6) is 0 Å². The second kappa shape index (κ2) is 6.19. The summed E-state index contributed by atoms with van der Waals surface area (Å²) in [4.78, 5) is 26.9. The summed E-state index contributed by atoms with van der Waals surface area (Å²) in [5.74, 6) is -1.32. The van der Waals surface area contributed by atoms with Crippen LogP contribution < -0.4 is 10.6 Å². The molecule has 0 saturated heterocycles. The topological polar surface area (TPSA) is 91.3 Å². The van der Waals surface area contributed by atoms with Gasteiger partial charge in [-0.15, -0.1) is 11.3 Å². The molecule has 1 aromatic rings. The zero-order valence-corrected chi connectivity index (χ0v) is 10.5. The van der Waals surface area contributed by atoms with E-state index < -0.39 is 11.9 Å². The van der Waals surface area contributed by atoms with Crippen LogP contribution in [0.15, 0.2) is 6.20 Å². The Hall–Kier alpha value is -1.63. The second-order valence-electron chi connectivity index (χ2n) is 3.68. The van der Waals surface area contributed by atoms with Crippen molar-refractivity contribution >= 4 is 28.5 Å². The molecule has 1 aromatic heterocycles. The third-order valence-electron chi connectivity index (χ3n) is 2.13. The van der Waals surface area contributed by atoms with Crippen molar-refractivity contribution in [2.75, 3.05) is 11.9 Å². The Labute approximate surface area is 103 Å². The van der Waals surface area contributed by atoms with Gasteiger partial charge in [-0.25, -0.2) is 9.78 Å². The predicted molar refractivity (Wildman–Crippen MR) is 65.3 cm³/mol. The number of rotatable bonds is 5. The van der Waals surface area contributed by atoms with Gasteiger partial charge < -0.3 is 10.4 Å². The summed E-state index contributed by atoms with van der Waals surface area (Å²) in [5.41, 5.74) is 0. The van der Waals surface area contributed by atoms with Gasteiger partial charge in [0.25, 0.3) is 0 Å². The number of anilines is 1. The number of carbonyl (C=O) groups is 2. The lowest BCUT2D eigenvalue weighted by atomic mass is 10.1. The van der Waals surface area contributed by atoms with Crippen LogP contribution in [0.4, 0.5) is 9.93 Å². The maximum absolute atomic E-state index is 11.4. The Morgan fingerprint density at radius 1 is 1.59 bits per heavy atom. The molecule has 0 aliphatic carbocycles. The molecule has 0 bridgehead atoms. The van der Waals surface area contributed by atoms with E-state index >= 15 is 0 Å². The molecule has 94 valence electrons. The number of aliphatic carboxylic acids is 1. The van der Waals surface area contributed by atoms with Gasteiger partial charge >= 0.3 is 12.0 Å². The lowest BCUT2D eigenvalue weighted by Crippen LogP contribution is -2.31. The lowest BCUT2D eigenvalue weighted by molar-refractivity contribution is -0.141. The summed E-state index contributed by atoms with van der Waals surface area (Å²) in [6, 6.07) is -0.364. The largest absolute Gasteiger partial charge is 0.481 e. The molecule has 6 nitrogen and oxygen atoms in total. The maximum atomic E-state index is 11.4. The molecule has 17 heavy (non-hydrogen) atoms. The summed E-state index contributed by atoms with van der Waals surface area (Å²) in [7, 11) is 0. The first-order valence-electron chi connectivity index (χ1n) is 5.19. The van der Waals surface area contributed by atoms with E-state index in [1.165, 1.54) is 11.3 Å². The van der Waals surface area contributed by atoms with Crippen LogP contribution in [0.3, 0.4) is 0 Å². The first kappa shape index (κ1) is 13.4. The smallest absolute Gasteiger partial charge is 0.321 e. The summed E-state index contributed by atoms with van der Waals surface area (Å²) >= 11 is 1.38. The minimum Gasteiger partial charge on any atom is -0.481 e. The minimum atomic E-state index is -0.859. The highest BCUT2D eigenvalue weighted by molar-refractivity contribution is 7.15. The van der Waals surface area contributed by atoms with Crippen molar-refractivity contribution in [1.82, 2.24) is 10.3 Å². The summed E-state index contributed by atoms with van der Waals surface area (Å²) in [5, 5.41) is 14.3. The average molecular weight is 257 g/mol. The number of nitrogens with one attached hydrogen (secondary N) is 2. The molecule has 1 rings (SSSR count). The monoisotopic (exact) mass is 257 g/mol. The van der Waals surface area contributed by atoms with E-state index in [9.17, 15) is 9.59 Å². The SMILES string of the molecule is Cc1cnc(NC(=O)NCCC(C)C(=O)O)s1. The molecule has 2 amide bonds. The van der Waals surface area contributed by atoms with Gasteiger partial charge in [0.05, 0.1) is 5.92 Å². The third-order valence-corrected chi connectivity index (χ3v) is 2.95. The van der Waals surface area contributed by atoms with E-state index in [1.54, 1.807) is 13.1 Å². The Bertz CT molecular complexity index is 405. The van der Waals surface area contributed by atoms with E-state index in [2.05, 4.69) is 15.6 Å². The molecule has 0 spiro atoms. The third kappa shape index (κ3) is 4.81. The Balaban J connectivity index is 2.24. The first-order valence-corrected chi connectivity index (χ1v) is 6.00. The van der Waals surface area contributed by atoms with Crippen molar-refractivity contribution in [2.45, 2.75) is 20.3 Å². The molecule has 7 heteroatoms. The van der Waals surface area contributed by atoms with Gasteiger partial charge in [0.1, 0.15) is 0 Å². The average Bonchev–Trinajstić information content (AvgIpc) is 2.63. The molecule has 0 aromatic carbocycles. The van der Waals surface area contributed by atoms with Crippen LogP contribution in [0.2, 0.25) is 0 Å². The van der Waals surface area contributed by atoms with Gasteiger partial charge in [0.15, 0.2) is 5.13 Å². The van der Waals surface area contributed by atoms with Crippen LogP contribution in [0.25, 0.3) is 0 Å². The molecule has 1 atom stereocenters. The molecular formula is C10H15N3O3S. The maximum Gasteiger partial charge on any atom is 0.321 e. The number of nitrogens with zero attached hydrogens (tertiary/aromatic N) is 1. The standard InChI is InChI=1S/C10H15N3O3S/c1-6(8(14)15)3-4-11-9(16)13-10-12-5-7(2)17-10/h5-6H,3-4H2,1-2H3,(H,14,15)(H2,11,12,13,16). The number of hydrogen-bond acceptors (Lipinski definition) is 4. The van der Waals surface area contributed by atoms with Crippen molar-refractivity contribution in [2.24, 2.45) is 5.92 Å². The van der Waals surface area contributed by atoms with Crippen molar-refractivity contribution < 1.29 is 14.7 Å². The summed E-state index contributed by atoms with van der Waals surface area (Å²) < 4.78 is 0. The first-order chi connectivity index (χ1) is 7.99. The number of carbonyl (C=O) groups excluding carboxylic acids is 1. The van der Waals surface area contributed by atoms with Gasteiger partial charge in [-0.05, 0) is 13.3 Å². The number of urea groups is 1. The normalized spacial score (nSPS) is 11.9. The predicted octanol–water partition coefficient (Wildman–Crippen LogP) is 1.68. The molecule has 0 saturated carbocycles. The quantitative estimate of drug-likeness (QED) is 0.748. The van der Waals surface area contributed by atoms with Crippen LogP contribution in [0.1, 0.15) is 18.2 Å². The number of carboxylic acid groups (broad SMARTS) is 1. The minimum absolute atomic E-state index is 0.323. The van der Waals surface area contributed by atoms with E-state index in [-0.39, 0.29) is 6.03 Å². The van der Waals surface area contributed by atoms with Crippen LogP contribution in [0, 0.1) is 12.8 Å². The zero-order valence-electron chi connectivity index (χ0n) is 9.69. The van der Waals surface area contributed by atoms with E-state index in [0.717, 1.165) is 4.88 Å². The summed E-state index contributed by atoms with van der Waals surface area (Å²) in [6.45, 7) is 3.82. The van der Waals surface area contributed by atoms with Crippen LogP contribution >= 0.6 is 11.3 Å². The highest BCUT2D eigenvalue weighted by Gasteiger charge is 2.11. The van der Waals surface area contributed by atoms with Crippen molar-refractivity contribution in [3.8, 4) is 0 Å². The van der Waals surface area contributed by atoms with Crippen molar-refractivity contribution in [3.63, 3.8) is 0 Å². The highest BCUT2D eigenvalue weighted by Crippen LogP contribution is 2.15. The Kier molecular flexibility index (Phi) is 4.89. The second-order valence-corrected chi connectivity index (χ2v) is 4.92. The van der Waals surface area contributed by atoms with Gasteiger partial charge in [-0.3, -0.25) is 10.1 Å². The molecule has 0 fully saturated rings. The van der Waals surface area contributed by atoms with Crippen LogP contribution in [-0.4, -0.2) is 28.6 Å². The van der Waals surface area contributed by atoms with Gasteiger partial charge in [0, 0.05) is 17.6 Å². The molecule has 1 heterocycles. The fourth-order valence-corrected chi connectivity index (χ4v) is 1.74. The molecular weight excluding hydrogens is 242 g/mol. The van der Waals surface area contributed by atoms with Crippen molar-refractivity contribution in [1.29, 1.82) is 0 Å². The van der Waals surface area contributed by atoms with Crippen LogP contribution in [-0.2, 0) is 4.79 Å². The number of hydrogen-bond donors (Lipinski definition) is 3. The Morgan fingerprint density at radius 2 is 2.29 bits per heavy atom. The van der Waals surface area contributed by atoms with E-state index in [0.29, 0.717) is 18.1 Å². The Morgan fingerprint density at radius 3 is 2.82 bits per heavy atom. The fraction of sp³-hybridized carbons (Fsp3) is 0.500. The number of thiazole rings is 1. The molecule has 1 unspecified atom stereocenters. The molecule has 0 aliphatic rings. The van der Waals surface area contributed by atoms with Gasteiger partial charge in [0.2, 0.25) is 0 Å². The highest BCUT2D eigenvalue weighted by atomic mass is 32.1. The van der Waals surface area contributed by atoms with Crippen molar-refractivity contribution in [3.05, 3.63) is 11.1 Å². The molecule has 0 radical (unpaired) electrons. The number of aromatic nitrogens is 1. The van der Waals surface area contributed by atoms with E-state index in [1.807, 2.05) is 6.92 Å². The number of aryl methyl sites for hydroxylation is 1. The van der Waals surface area contributed by atoms with E-state index in [4.69, 9.17) is 5.11 Å². The fourth-order valence-electron chi connectivity index (χ4n) is 1.08. The molecule has 0 aliphatic heterocycles. The van der Waals surface area contributed by atoms with Gasteiger partial charge in [-0.1, -0.05) is 6.92 Å². The van der Waals surface area contributed by atoms with Gasteiger partial charge in [-0.2, -0.15) is 0 Å².